The first kappa shape index (κ1) is 12.0. The van der Waals surface area contributed by atoms with Crippen LogP contribution in [0.3, 0.4) is 0 Å². The molecule has 0 aromatic rings. The zero-order valence-electron chi connectivity index (χ0n) is 10.3. The van der Waals surface area contributed by atoms with Gasteiger partial charge in [0.2, 0.25) is 0 Å². The maximum atomic E-state index is 3.61. The molecule has 0 spiro atoms. The fraction of sp³-hybridized carbons (Fsp3) is 1.00. The van der Waals surface area contributed by atoms with Gasteiger partial charge < -0.3 is 5.32 Å². The number of likely N-dealkylation sites (tertiary alicyclic amines) is 1. The van der Waals surface area contributed by atoms with Crippen LogP contribution in [-0.2, 0) is 0 Å². The van der Waals surface area contributed by atoms with E-state index >= 15 is 0 Å². The average Bonchev–Trinajstić information content (AvgIpc) is 2.56. The maximum absolute atomic E-state index is 3.61. The van der Waals surface area contributed by atoms with Crippen molar-refractivity contribution in [1.29, 1.82) is 0 Å². The van der Waals surface area contributed by atoms with E-state index in [1.54, 1.807) is 0 Å². The van der Waals surface area contributed by atoms with Gasteiger partial charge >= 0.3 is 0 Å². The highest BCUT2D eigenvalue weighted by Crippen LogP contribution is 2.14. The quantitative estimate of drug-likeness (QED) is 0.745. The predicted octanol–water partition coefficient (Wildman–Crippen LogP) is 2.25. The first-order valence-electron chi connectivity index (χ1n) is 6.02. The Morgan fingerprint density at radius 3 is 2.21 bits per heavy atom. The van der Waals surface area contributed by atoms with E-state index in [0.29, 0.717) is 0 Å². The van der Waals surface area contributed by atoms with Gasteiger partial charge in [-0.05, 0) is 53.1 Å². The zero-order chi connectivity index (χ0) is 10.6. The Kier molecular flexibility index (Phi) is 4.39. The van der Waals surface area contributed by atoms with E-state index < -0.39 is 0 Å². The third-order valence-corrected chi connectivity index (χ3v) is 3.00. The lowest BCUT2D eigenvalue weighted by Gasteiger charge is -2.30. The van der Waals surface area contributed by atoms with Crippen LogP contribution in [0.4, 0.5) is 0 Å². The lowest BCUT2D eigenvalue weighted by molar-refractivity contribution is 0.216. The molecule has 0 amide bonds. The van der Waals surface area contributed by atoms with Crippen LogP contribution in [0.1, 0.15) is 47.0 Å². The summed E-state index contributed by atoms with van der Waals surface area (Å²) >= 11 is 0. The largest absolute Gasteiger partial charge is 0.311 e. The summed E-state index contributed by atoms with van der Waals surface area (Å²) in [6, 6.07) is 0.747. The zero-order valence-corrected chi connectivity index (χ0v) is 10.3. The van der Waals surface area contributed by atoms with Crippen molar-refractivity contribution in [2.45, 2.75) is 58.5 Å². The molecular weight excluding hydrogens is 172 g/mol. The van der Waals surface area contributed by atoms with E-state index in [9.17, 15) is 0 Å². The predicted molar refractivity (Wildman–Crippen MR) is 62.6 cm³/mol. The second-order valence-corrected chi connectivity index (χ2v) is 5.44. The van der Waals surface area contributed by atoms with Crippen LogP contribution >= 0.6 is 0 Å². The van der Waals surface area contributed by atoms with E-state index in [0.717, 1.165) is 12.6 Å². The topological polar surface area (TPSA) is 15.3 Å². The highest BCUT2D eigenvalue weighted by Gasteiger charge is 2.21. The van der Waals surface area contributed by atoms with Gasteiger partial charge in [-0.15, -0.1) is 0 Å². The lowest BCUT2D eigenvalue weighted by Crippen LogP contribution is -2.46. The Balaban J connectivity index is 2.31. The van der Waals surface area contributed by atoms with Crippen molar-refractivity contribution in [3.8, 4) is 0 Å². The monoisotopic (exact) mass is 198 g/mol. The second kappa shape index (κ2) is 5.13. The van der Waals surface area contributed by atoms with Crippen LogP contribution in [-0.4, -0.2) is 36.1 Å². The molecule has 1 rings (SSSR count). The molecule has 0 saturated carbocycles. The molecule has 1 aliphatic rings. The smallest absolute Gasteiger partial charge is 0.0218 e. The van der Waals surface area contributed by atoms with Gasteiger partial charge in [-0.2, -0.15) is 0 Å². The molecule has 0 aliphatic carbocycles. The Morgan fingerprint density at radius 1 is 1.21 bits per heavy atom. The van der Waals surface area contributed by atoms with Crippen molar-refractivity contribution in [3.63, 3.8) is 0 Å². The molecule has 1 aliphatic heterocycles. The van der Waals surface area contributed by atoms with E-state index in [1.165, 1.54) is 32.4 Å². The van der Waals surface area contributed by atoms with Crippen molar-refractivity contribution >= 4 is 0 Å². The minimum Gasteiger partial charge on any atom is -0.311 e. The SMILES string of the molecule is CCC(CNC(C)(C)C)N1CCCC1. The van der Waals surface area contributed by atoms with Crippen molar-refractivity contribution in [2.75, 3.05) is 19.6 Å². The van der Waals surface area contributed by atoms with Gasteiger partial charge in [-0.25, -0.2) is 0 Å². The lowest BCUT2D eigenvalue weighted by atomic mass is 10.1. The third kappa shape index (κ3) is 3.97. The average molecular weight is 198 g/mol. The van der Waals surface area contributed by atoms with Crippen LogP contribution in [0.15, 0.2) is 0 Å². The molecule has 0 radical (unpaired) electrons. The molecule has 0 aromatic heterocycles. The summed E-state index contributed by atoms with van der Waals surface area (Å²) in [7, 11) is 0. The summed E-state index contributed by atoms with van der Waals surface area (Å²) in [5.41, 5.74) is 0.257. The number of nitrogens with one attached hydrogen (secondary N) is 1. The number of hydrogen-bond acceptors (Lipinski definition) is 2. The van der Waals surface area contributed by atoms with Crippen LogP contribution in [0.5, 0.6) is 0 Å². The van der Waals surface area contributed by atoms with Crippen molar-refractivity contribution in [3.05, 3.63) is 0 Å². The summed E-state index contributed by atoms with van der Waals surface area (Å²) in [6.07, 6.45) is 4.06. The molecule has 0 bridgehead atoms. The van der Waals surface area contributed by atoms with Gasteiger partial charge in [-0.3, -0.25) is 4.90 Å². The van der Waals surface area contributed by atoms with E-state index in [-0.39, 0.29) is 5.54 Å². The van der Waals surface area contributed by atoms with Crippen LogP contribution in [0, 0.1) is 0 Å². The molecule has 1 N–H and O–H groups in total. The normalized spacial score (nSPS) is 21.4. The van der Waals surface area contributed by atoms with Gasteiger partial charge in [-0.1, -0.05) is 6.92 Å². The minimum atomic E-state index is 0.257. The number of nitrogens with zero attached hydrogens (tertiary/aromatic N) is 1. The Hall–Kier alpha value is -0.0800. The van der Waals surface area contributed by atoms with E-state index in [2.05, 4.69) is 37.9 Å². The highest BCUT2D eigenvalue weighted by atomic mass is 15.2. The molecule has 1 fully saturated rings. The number of rotatable bonds is 4. The highest BCUT2D eigenvalue weighted by molar-refractivity contribution is 4.80. The molecule has 1 heterocycles. The summed E-state index contributed by atoms with van der Waals surface area (Å²) < 4.78 is 0. The Bertz CT molecular complexity index is 154. The van der Waals surface area contributed by atoms with Crippen LogP contribution < -0.4 is 5.32 Å². The first-order valence-corrected chi connectivity index (χ1v) is 6.02. The molecule has 1 saturated heterocycles. The molecule has 0 aromatic carbocycles. The molecule has 14 heavy (non-hydrogen) atoms. The molecule has 2 nitrogen and oxygen atoms in total. The summed E-state index contributed by atoms with van der Waals surface area (Å²) in [6.45, 7) is 12.8. The summed E-state index contributed by atoms with van der Waals surface area (Å²) in [4.78, 5) is 2.64. The molecule has 1 atom stereocenters. The van der Waals surface area contributed by atoms with Crippen molar-refractivity contribution in [2.24, 2.45) is 0 Å². The molecular formula is C12H26N2. The van der Waals surface area contributed by atoms with Crippen LogP contribution in [0.25, 0.3) is 0 Å². The molecule has 2 heteroatoms. The van der Waals surface area contributed by atoms with Crippen LogP contribution in [0.2, 0.25) is 0 Å². The first-order chi connectivity index (χ1) is 6.53. The Labute approximate surface area is 89.1 Å². The van der Waals surface area contributed by atoms with Gasteiger partial charge in [0.25, 0.3) is 0 Å². The van der Waals surface area contributed by atoms with E-state index in [4.69, 9.17) is 0 Å². The van der Waals surface area contributed by atoms with Crippen molar-refractivity contribution in [1.82, 2.24) is 10.2 Å². The third-order valence-electron chi connectivity index (χ3n) is 3.00. The van der Waals surface area contributed by atoms with Gasteiger partial charge in [0, 0.05) is 18.1 Å². The fourth-order valence-corrected chi connectivity index (χ4v) is 2.06. The molecule has 1 unspecified atom stereocenters. The fourth-order valence-electron chi connectivity index (χ4n) is 2.06. The van der Waals surface area contributed by atoms with Gasteiger partial charge in [0.1, 0.15) is 0 Å². The minimum absolute atomic E-state index is 0.257. The Morgan fingerprint density at radius 2 is 1.79 bits per heavy atom. The second-order valence-electron chi connectivity index (χ2n) is 5.44. The summed E-state index contributed by atoms with van der Waals surface area (Å²) in [5.74, 6) is 0. The van der Waals surface area contributed by atoms with Crippen molar-refractivity contribution < 1.29 is 0 Å². The summed E-state index contributed by atoms with van der Waals surface area (Å²) in [5, 5.41) is 3.61. The van der Waals surface area contributed by atoms with Gasteiger partial charge in [0.15, 0.2) is 0 Å². The maximum Gasteiger partial charge on any atom is 0.0218 e. The van der Waals surface area contributed by atoms with E-state index in [1.807, 2.05) is 0 Å². The van der Waals surface area contributed by atoms with Gasteiger partial charge in [0.05, 0.1) is 0 Å². The number of hydrogen-bond donors (Lipinski definition) is 1. The molecule has 84 valence electrons. The standard InChI is InChI=1S/C12H26N2/c1-5-11(10-13-12(2,3)4)14-8-6-7-9-14/h11,13H,5-10H2,1-4H3.